The van der Waals surface area contributed by atoms with Gasteiger partial charge in [-0.05, 0) is 25.2 Å². The lowest BCUT2D eigenvalue weighted by molar-refractivity contribution is 0.309. The first-order valence-electron chi connectivity index (χ1n) is 6.98. The van der Waals surface area contributed by atoms with Crippen LogP contribution in [0.5, 0.6) is 0 Å². The number of hydrogen-bond acceptors (Lipinski definition) is 3. The highest BCUT2D eigenvalue weighted by atomic mass is 32.1. The average Bonchev–Trinajstić information content (AvgIpc) is 2.43. The standard InChI is InChI=1S/C15H25N3S/c1-3-17(4-2)12-13-18(11-10-15(16)19)14-8-6-5-7-9-14/h5-9H,3-4,10-13H2,1-2H3,(H2,16,19). The molecule has 19 heavy (non-hydrogen) atoms. The van der Waals surface area contributed by atoms with Gasteiger partial charge in [-0.2, -0.15) is 0 Å². The summed E-state index contributed by atoms with van der Waals surface area (Å²) in [5.74, 6) is 0. The molecule has 106 valence electrons. The van der Waals surface area contributed by atoms with Crippen molar-refractivity contribution in [3.05, 3.63) is 30.3 Å². The SMILES string of the molecule is CCN(CC)CCN(CCC(N)=S)c1ccccc1. The minimum atomic E-state index is 0.587. The third-order valence-corrected chi connectivity index (χ3v) is 3.53. The first kappa shape index (κ1) is 15.9. The Morgan fingerprint density at radius 1 is 1.05 bits per heavy atom. The van der Waals surface area contributed by atoms with Crippen LogP contribution < -0.4 is 10.6 Å². The molecular formula is C15H25N3S. The van der Waals surface area contributed by atoms with E-state index < -0.39 is 0 Å². The van der Waals surface area contributed by atoms with Crippen LogP contribution in [0.1, 0.15) is 20.3 Å². The molecule has 0 aliphatic heterocycles. The van der Waals surface area contributed by atoms with Gasteiger partial charge < -0.3 is 15.5 Å². The van der Waals surface area contributed by atoms with Crippen molar-refractivity contribution in [3.63, 3.8) is 0 Å². The van der Waals surface area contributed by atoms with Crippen molar-refractivity contribution >= 4 is 22.9 Å². The molecule has 1 aromatic rings. The molecule has 2 N–H and O–H groups in total. The fourth-order valence-electron chi connectivity index (χ4n) is 2.06. The summed E-state index contributed by atoms with van der Waals surface area (Å²) in [4.78, 5) is 5.37. The molecule has 0 aliphatic carbocycles. The predicted octanol–water partition coefficient (Wildman–Crippen LogP) is 2.51. The molecule has 0 atom stereocenters. The van der Waals surface area contributed by atoms with Crippen molar-refractivity contribution in [2.75, 3.05) is 37.6 Å². The molecule has 3 nitrogen and oxygen atoms in total. The Bertz CT molecular complexity index is 363. The number of nitrogens with two attached hydrogens (primary N) is 1. The van der Waals surface area contributed by atoms with Crippen molar-refractivity contribution in [2.45, 2.75) is 20.3 Å². The summed E-state index contributed by atoms with van der Waals surface area (Å²) >= 11 is 4.99. The maximum absolute atomic E-state index is 5.62. The van der Waals surface area contributed by atoms with Gasteiger partial charge in [0.25, 0.3) is 0 Å². The summed E-state index contributed by atoms with van der Waals surface area (Å²) in [7, 11) is 0. The van der Waals surface area contributed by atoms with E-state index in [1.165, 1.54) is 5.69 Å². The number of para-hydroxylation sites is 1. The second-order valence-electron chi connectivity index (χ2n) is 4.57. The molecule has 0 aliphatic rings. The van der Waals surface area contributed by atoms with E-state index in [1.54, 1.807) is 0 Å². The van der Waals surface area contributed by atoms with Crippen LogP contribution in [0.3, 0.4) is 0 Å². The maximum atomic E-state index is 5.62. The smallest absolute Gasteiger partial charge is 0.0745 e. The number of rotatable bonds is 9. The van der Waals surface area contributed by atoms with Gasteiger partial charge in [0.15, 0.2) is 0 Å². The second kappa shape index (κ2) is 8.88. The Morgan fingerprint density at radius 2 is 1.68 bits per heavy atom. The molecule has 0 bridgehead atoms. The quantitative estimate of drug-likeness (QED) is 0.704. The molecule has 1 aromatic carbocycles. The van der Waals surface area contributed by atoms with Gasteiger partial charge in [-0.15, -0.1) is 0 Å². The number of hydrogen-bond donors (Lipinski definition) is 1. The minimum Gasteiger partial charge on any atom is -0.393 e. The summed E-state index contributed by atoms with van der Waals surface area (Å²) in [5, 5.41) is 0. The second-order valence-corrected chi connectivity index (χ2v) is 5.09. The van der Waals surface area contributed by atoms with E-state index in [0.29, 0.717) is 4.99 Å². The molecule has 0 saturated heterocycles. The van der Waals surface area contributed by atoms with Crippen LogP contribution in [0.2, 0.25) is 0 Å². The number of anilines is 1. The molecule has 0 aromatic heterocycles. The van der Waals surface area contributed by atoms with E-state index in [1.807, 2.05) is 6.07 Å². The van der Waals surface area contributed by atoms with Crippen LogP contribution in [0.4, 0.5) is 5.69 Å². The van der Waals surface area contributed by atoms with Crippen molar-refractivity contribution in [1.82, 2.24) is 4.90 Å². The molecular weight excluding hydrogens is 254 g/mol. The zero-order chi connectivity index (χ0) is 14.1. The minimum absolute atomic E-state index is 0.587. The topological polar surface area (TPSA) is 32.5 Å². The van der Waals surface area contributed by atoms with Crippen molar-refractivity contribution in [2.24, 2.45) is 5.73 Å². The summed E-state index contributed by atoms with van der Waals surface area (Å²) in [6.45, 7) is 9.55. The van der Waals surface area contributed by atoms with E-state index in [9.17, 15) is 0 Å². The molecule has 1 rings (SSSR count). The lowest BCUT2D eigenvalue weighted by atomic mass is 10.2. The zero-order valence-corrected chi connectivity index (χ0v) is 12.8. The summed E-state index contributed by atoms with van der Waals surface area (Å²) < 4.78 is 0. The normalized spacial score (nSPS) is 10.7. The van der Waals surface area contributed by atoms with Gasteiger partial charge in [0.05, 0.1) is 4.99 Å². The summed E-state index contributed by atoms with van der Waals surface area (Å²) in [6, 6.07) is 10.5. The van der Waals surface area contributed by atoms with Gasteiger partial charge in [0, 0.05) is 31.7 Å². The number of nitrogens with zero attached hydrogens (tertiary/aromatic N) is 2. The van der Waals surface area contributed by atoms with E-state index in [2.05, 4.69) is 47.9 Å². The third-order valence-electron chi connectivity index (χ3n) is 3.33. The molecule has 0 amide bonds. The highest BCUT2D eigenvalue weighted by Crippen LogP contribution is 2.13. The molecule has 0 saturated carbocycles. The van der Waals surface area contributed by atoms with Gasteiger partial charge in [0.1, 0.15) is 0 Å². The first-order chi connectivity index (χ1) is 9.17. The van der Waals surface area contributed by atoms with Crippen LogP contribution in [0.15, 0.2) is 30.3 Å². The lowest BCUT2D eigenvalue weighted by Crippen LogP contribution is -2.36. The Morgan fingerprint density at radius 3 is 2.21 bits per heavy atom. The highest BCUT2D eigenvalue weighted by Gasteiger charge is 2.08. The van der Waals surface area contributed by atoms with Crippen molar-refractivity contribution in [3.8, 4) is 0 Å². The van der Waals surface area contributed by atoms with Gasteiger partial charge in [-0.3, -0.25) is 0 Å². The zero-order valence-electron chi connectivity index (χ0n) is 12.0. The van der Waals surface area contributed by atoms with E-state index in [0.717, 1.165) is 39.1 Å². The fraction of sp³-hybridized carbons (Fsp3) is 0.533. The van der Waals surface area contributed by atoms with Crippen LogP contribution in [0.25, 0.3) is 0 Å². The van der Waals surface area contributed by atoms with Crippen molar-refractivity contribution in [1.29, 1.82) is 0 Å². The Kier molecular flexibility index (Phi) is 7.45. The number of benzene rings is 1. The Hall–Kier alpha value is -1.13. The average molecular weight is 279 g/mol. The molecule has 0 radical (unpaired) electrons. The van der Waals surface area contributed by atoms with Gasteiger partial charge in [-0.25, -0.2) is 0 Å². The predicted molar refractivity (Wildman–Crippen MR) is 87.8 cm³/mol. The summed E-state index contributed by atoms with van der Waals surface area (Å²) in [5.41, 5.74) is 6.86. The lowest BCUT2D eigenvalue weighted by Gasteiger charge is -2.28. The number of thiocarbonyl (C=S) groups is 1. The molecule has 4 heteroatoms. The summed E-state index contributed by atoms with van der Waals surface area (Å²) in [6.07, 6.45) is 0.766. The van der Waals surface area contributed by atoms with Crippen molar-refractivity contribution < 1.29 is 0 Å². The molecule has 0 heterocycles. The third kappa shape index (κ3) is 6.03. The first-order valence-corrected chi connectivity index (χ1v) is 7.38. The largest absolute Gasteiger partial charge is 0.393 e. The molecule has 0 unspecified atom stereocenters. The van der Waals surface area contributed by atoms with Crippen LogP contribution in [-0.2, 0) is 0 Å². The molecule has 0 spiro atoms. The monoisotopic (exact) mass is 279 g/mol. The number of likely N-dealkylation sites (N-methyl/N-ethyl adjacent to an activating group) is 1. The Labute approximate surface area is 122 Å². The highest BCUT2D eigenvalue weighted by molar-refractivity contribution is 7.80. The fourth-order valence-corrected chi connectivity index (χ4v) is 2.15. The molecule has 0 fully saturated rings. The van der Waals surface area contributed by atoms with E-state index >= 15 is 0 Å². The van der Waals surface area contributed by atoms with Crippen LogP contribution in [0, 0.1) is 0 Å². The van der Waals surface area contributed by atoms with Gasteiger partial charge in [-0.1, -0.05) is 44.3 Å². The van der Waals surface area contributed by atoms with Crippen LogP contribution in [-0.4, -0.2) is 42.6 Å². The maximum Gasteiger partial charge on any atom is 0.0745 e. The van der Waals surface area contributed by atoms with Gasteiger partial charge in [0.2, 0.25) is 0 Å². The van der Waals surface area contributed by atoms with E-state index in [-0.39, 0.29) is 0 Å². The van der Waals surface area contributed by atoms with Gasteiger partial charge >= 0.3 is 0 Å². The Balaban J connectivity index is 2.61. The van der Waals surface area contributed by atoms with E-state index in [4.69, 9.17) is 18.0 Å². The van der Waals surface area contributed by atoms with Crippen LogP contribution >= 0.6 is 12.2 Å².